The van der Waals surface area contributed by atoms with Crippen molar-refractivity contribution >= 4 is 6.03 Å². The highest BCUT2D eigenvalue weighted by molar-refractivity contribution is 5.75. The van der Waals surface area contributed by atoms with Gasteiger partial charge in [-0.15, -0.1) is 0 Å². The highest BCUT2D eigenvalue weighted by Gasteiger charge is 2.31. The standard InChI is InChI=1S/C19H28N2O3/c1-23-17-10-6-9-16(18(17)24-2)14-11-12-21(13-14)19(22)20-15-7-4-3-5-8-15/h6,9-10,14-15H,3-5,7-8,11-13H2,1-2H3,(H,20,22). The SMILES string of the molecule is COc1cccc(C2CCN(C(=O)NC3CCCCC3)C2)c1OC. The van der Waals surface area contributed by atoms with Gasteiger partial charge in [0, 0.05) is 30.6 Å². The summed E-state index contributed by atoms with van der Waals surface area (Å²) < 4.78 is 10.9. The number of nitrogens with zero attached hydrogens (tertiary/aromatic N) is 1. The van der Waals surface area contributed by atoms with Gasteiger partial charge in [-0.05, 0) is 25.3 Å². The Morgan fingerprint density at radius 2 is 1.92 bits per heavy atom. The molecule has 24 heavy (non-hydrogen) atoms. The Kier molecular flexibility index (Phi) is 5.48. The number of nitrogens with one attached hydrogen (secondary N) is 1. The molecule has 1 atom stereocenters. The second-order valence-electron chi connectivity index (χ2n) is 6.80. The van der Waals surface area contributed by atoms with Crippen molar-refractivity contribution in [2.45, 2.75) is 50.5 Å². The first-order valence-electron chi connectivity index (χ1n) is 8.99. The van der Waals surface area contributed by atoms with E-state index in [1.54, 1.807) is 14.2 Å². The van der Waals surface area contributed by atoms with Crippen LogP contribution in [-0.4, -0.2) is 44.3 Å². The van der Waals surface area contributed by atoms with Gasteiger partial charge < -0.3 is 19.7 Å². The molecule has 1 N–H and O–H groups in total. The molecule has 5 nitrogen and oxygen atoms in total. The summed E-state index contributed by atoms with van der Waals surface area (Å²) in [7, 11) is 3.32. The summed E-state index contributed by atoms with van der Waals surface area (Å²) in [5.74, 6) is 1.84. The number of para-hydroxylation sites is 1. The Hall–Kier alpha value is -1.91. The molecule has 5 heteroatoms. The van der Waals surface area contributed by atoms with E-state index in [0.717, 1.165) is 49.4 Å². The Bertz CT molecular complexity index is 570. The lowest BCUT2D eigenvalue weighted by Crippen LogP contribution is -2.44. The van der Waals surface area contributed by atoms with Crippen LogP contribution in [0.1, 0.15) is 50.0 Å². The predicted molar refractivity (Wildman–Crippen MR) is 93.9 cm³/mol. The normalized spacial score (nSPS) is 21.6. The van der Waals surface area contributed by atoms with Crippen LogP contribution in [0, 0.1) is 0 Å². The van der Waals surface area contributed by atoms with Gasteiger partial charge in [-0.1, -0.05) is 31.4 Å². The van der Waals surface area contributed by atoms with Crippen LogP contribution in [0.15, 0.2) is 18.2 Å². The maximum Gasteiger partial charge on any atom is 0.317 e. The molecule has 0 aromatic heterocycles. The van der Waals surface area contributed by atoms with E-state index in [9.17, 15) is 4.79 Å². The summed E-state index contributed by atoms with van der Waals surface area (Å²) in [6.07, 6.45) is 6.96. The average molecular weight is 332 g/mol. The van der Waals surface area contributed by atoms with Gasteiger partial charge in [0.15, 0.2) is 11.5 Å². The van der Waals surface area contributed by atoms with E-state index in [1.807, 2.05) is 17.0 Å². The number of hydrogen-bond acceptors (Lipinski definition) is 3. The van der Waals surface area contributed by atoms with E-state index in [2.05, 4.69) is 11.4 Å². The summed E-state index contributed by atoms with van der Waals surface area (Å²) in [5.41, 5.74) is 1.13. The van der Waals surface area contributed by atoms with Crippen molar-refractivity contribution in [2.75, 3.05) is 27.3 Å². The Morgan fingerprint density at radius 3 is 2.62 bits per heavy atom. The summed E-state index contributed by atoms with van der Waals surface area (Å²) in [6.45, 7) is 1.53. The monoisotopic (exact) mass is 332 g/mol. The van der Waals surface area contributed by atoms with Crippen molar-refractivity contribution in [3.63, 3.8) is 0 Å². The minimum atomic E-state index is 0.0891. The van der Waals surface area contributed by atoms with Crippen LogP contribution in [-0.2, 0) is 0 Å². The van der Waals surface area contributed by atoms with Crippen LogP contribution < -0.4 is 14.8 Å². The van der Waals surface area contributed by atoms with Crippen LogP contribution >= 0.6 is 0 Å². The first-order valence-corrected chi connectivity index (χ1v) is 8.99. The van der Waals surface area contributed by atoms with Crippen molar-refractivity contribution in [3.8, 4) is 11.5 Å². The molecule has 1 aromatic rings. The molecule has 1 aliphatic carbocycles. The number of carbonyl (C=O) groups is 1. The molecule has 1 aromatic carbocycles. The minimum absolute atomic E-state index is 0.0891. The van der Waals surface area contributed by atoms with E-state index in [-0.39, 0.29) is 6.03 Å². The van der Waals surface area contributed by atoms with Gasteiger partial charge in [-0.3, -0.25) is 0 Å². The lowest BCUT2D eigenvalue weighted by atomic mass is 9.96. The number of ether oxygens (including phenoxy) is 2. The fraction of sp³-hybridized carbons (Fsp3) is 0.632. The summed E-state index contributed by atoms with van der Waals surface area (Å²) in [4.78, 5) is 14.5. The maximum atomic E-state index is 12.5. The third kappa shape index (κ3) is 3.60. The number of carbonyl (C=O) groups excluding carboxylic acids is 1. The number of methoxy groups -OCH3 is 2. The van der Waals surface area contributed by atoms with Crippen molar-refractivity contribution in [1.29, 1.82) is 0 Å². The van der Waals surface area contributed by atoms with E-state index in [1.165, 1.54) is 19.3 Å². The summed E-state index contributed by atoms with van der Waals surface area (Å²) in [5, 5.41) is 3.22. The Morgan fingerprint density at radius 1 is 1.12 bits per heavy atom. The Balaban J connectivity index is 1.63. The van der Waals surface area contributed by atoms with Gasteiger partial charge in [0.25, 0.3) is 0 Å². The van der Waals surface area contributed by atoms with Gasteiger partial charge in [0.1, 0.15) is 0 Å². The van der Waals surface area contributed by atoms with Crippen LogP contribution in [0.25, 0.3) is 0 Å². The van der Waals surface area contributed by atoms with Crippen LogP contribution in [0.4, 0.5) is 4.79 Å². The van der Waals surface area contributed by atoms with Crippen molar-refractivity contribution in [1.82, 2.24) is 10.2 Å². The molecule has 0 spiro atoms. The van der Waals surface area contributed by atoms with Crippen molar-refractivity contribution in [3.05, 3.63) is 23.8 Å². The molecule has 1 aliphatic heterocycles. The summed E-state index contributed by atoms with van der Waals surface area (Å²) in [6, 6.07) is 6.42. The van der Waals surface area contributed by atoms with E-state index in [4.69, 9.17) is 9.47 Å². The highest BCUT2D eigenvalue weighted by Crippen LogP contribution is 2.39. The zero-order valence-corrected chi connectivity index (χ0v) is 14.7. The molecular formula is C19H28N2O3. The number of benzene rings is 1. The fourth-order valence-corrected chi connectivity index (χ4v) is 3.94. The molecule has 0 bridgehead atoms. The number of urea groups is 1. The molecule has 2 fully saturated rings. The van der Waals surface area contributed by atoms with Gasteiger partial charge in [-0.2, -0.15) is 0 Å². The Labute approximate surface area is 144 Å². The molecule has 2 amide bonds. The number of likely N-dealkylation sites (tertiary alicyclic amines) is 1. The number of amides is 2. The molecule has 2 aliphatic rings. The fourth-order valence-electron chi connectivity index (χ4n) is 3.94. The minimum Gasteiger partial charge on any atom is -0.493 e. The first-order chi connectivity index (χ1) is 11.7. The lowest BCUT2D eigenvalue weighted by Gasteiger charge is -2.26. The van der Waals surface area contributed by atoms with Crippen molar-refractivity contribution < 1.29 is 14.3 Å². The molecule has 1 unspecified atom stereocenters. The van der Waals surface area contributed by atoms with E-state index in [0.29, 0.717) is 12.0 Å². The first kappa shape index (κ1) is 16.9. The molecule has 132 valence electrons. The van der Waals surface area contributed by atoms with Crippen LogP contribution in [0.5, 0.6) is 11.5 Å². The van der Waals surface area contributed by atoms with Gasteiger partial charge in [0.05, 0.1) is 14.2 Å². The smallest absolute Gasteiger partial charge is 0.317 e. The predicted octanol–water partition coefficient (Wildman–Crippen LogP) is 3.54. The van der Waals surface area contributed by atoms with Gasteiger partial charge in [0.2, 0.25) is 0 Å². The average Bonchev–Trinajstić information content (AvgIpc) is 3.12. The van der Waals surface area contributed by atoms with E-state index < -0.39 is 0 Å². The van der Waals surface area contributed by atoms with Crippen LogP contribution in [0.2, 0.25) is 0 Å². The lowest BCUT2D eigenvalue weighted by molar-refractivity contribution is 0.200. The quantitative estimate of drug-likeness (QED) is 0.917. The molecule has 1 saturated carbocycles. The van der Waals surface area contributed by atoms with Crippen molar-refractivity contribution in [2.24, 2.45) is 0 Å². The zero-order chi connectivity index (χ0) is 16.9. The van der Waals surface area contributed by atoms with Gasteiger partial charge in [-0.25, -0.2) is 4.79 Å². The topological polar surface area (TPSA) is 50.8 Å². The summed E-state index contributed by atoms with van der Waals surface area (Å²) >= 11 is 0. The van der Waals surface area contributed by atoms with Crippen LogP contribution in [0.3, 0.4) is 0 Å². The second-order valence-corrected chi connectivity index (χ2v) is 6.80. The number of rotatable bonds is 4. The maximum absolute atomic E-state index is 12.5. The largest absolute Gasteiger partial charge is 0.493 e. The number of hydrogen-bond donors (Lipinski definition) is 1. The van der Waals surface area contributed by atoms with E-state index >= 15 is 0 Å². The third-order valence-electron chi connectivity index (χ3n) is 5.28. The molecule has 1 heterocycles. The second kappa shape index (κ2) is 7.77. The third-order valence-corrected chi connectivity index (χ3v) is 5.28. The molecule has 3 rings (SSSR count). The highest BCUT2D eigenvalue weighted by atomic mass is 16.5. The van der Waals surface area contributed by atoms with Gasteiger partial charge >= 0.3 is 6.03 Å². The zero-order valence-electron chi connectivity index (χ0n) is 14.7. The molecule has 0 radical (unpaired) electrons. The molecular weight excluding hydrogens is 304 g/mol. The molecule has 1 saturated heterocycles.